The minimum absolute atomic E-state index is 0.0721. The van der Waals surface area contributed by atoms with Crippen molar-refractivity contribution in [2.45, 2.75) is 32.9 Å². The standard InChI is InChI=1S/C29H33Cl2N3O4S/c1-21(2)18-32-29(36)27(17-22-9-5-4-6-10-22)33(19-23-13-15-24(30)16-14-23)28(35)20-34(39(3,37)38)26-12-8-7-11-25(26)31/h4-16,21,27H,17-20H2,1-3H3,(H,32,36)/t27-/m1/s1. The molecule has 0 aliphatic heterocycles. The third-order valence-corrected chi connectivity index (χ3v) is 7.72. The molecule has 3 aromatic rings. The lowest BCUT2D eigenvalue weighted by atomic mass is 10.0. The molecule has 1 N–H and O–H groups in total. The van der Waals surface area contributed by atoms with Gasteiger partial charge in [-0.05, 0) is 41.3 Å². The molecule has 0 bridgehead atoms. The van der Waals surface area contributed by atoms with Crippen molar-refractivity contribution in [3.05, 3.63) is 100 Å². The minimum Gasteiger partial charge on any atom is -0.354 e. The van der Waals surface area contributed by atoms with Crippen LogP contribution < -0.4 is 9.62 Å². The highest BCUT2D eigenvalue weighted by molar-refractivity contribution is 7.92. The lowest BCUT2D eigenvalue weighted by Crippen LogP contribution is -2.53. The number of nitrogens with one attached hydrogen (secondary N) is 1. The van der Waals surface area contributed by atoms with Crippen LogP contribution in [0.1, 0.15) is 25.0 Å². The first kappa shape index (κ1) is 30.5. The van der Waals surface area contributed by atoms with Crippen LogP contribution in [0.4, 0.5) is 5.69 Å². The van der Waals surface area contributed by atoms with Gasteiger partial charge in [0.1, 0.15) is 12.6 Å². The van der Waals surface area contributed by atoms with E-state index in [0.717, 1.165) is 21.7 Å². The summed E-state index contributed by atoms with van der Waals surface area (Å²) in [5.41, 5.74) is 1.79. The number of amides is 2. The molecule has 3 rings (SSSR count). The first-order valence-corrected chi connectivity index (χ1v) is 15.1. The Hall–Kier alpha value is -3.07. The molecule has 7 nitrogen and oxygen atoms in total. The SMILES string of the molecule is CC(C)CNC(=O)[C@@H](Cc1ccccc1)N(Cc1ccc(Cl)cc1)C(=O)CN(c1ccccc1Cl)S(C)(=O)=O. The number of carbonyl (C=O) groups excluding carboxylic acids is 2. The summed E-state index contributed by atoms with van der Waals surface area (Å²) in [6.07, 6.45) is 1.26. The predicted octanol–water partition coefficient (Wildman–Crippen LogP) is 5.17. The van der Waals surface area contributed by atoms with Gasteiger partial charge in [-0.15, -0.1) is 0 Å². The van der Waals surface area contributed by atoms with Crippen molar-refractivity contribution in [2.75, 3.05) is 23.7 Å². The van der Waals surface area contributed by atoms with Gasteiger partial charge >= 0.3 is 0 Å². The van der Waals surface area contributed by atoms with E-state index in [-0.39, 0.29) is 35.5 Å². The Morgan fingerprint density at radius 1 is 0.872 bits per heavy atom. The second-order valence-electron chi connectivity index (χ2n) is 9.71. The van der Waals surface area contributed by atoms with Gasteiger partial charge in [-0.1, -0.05) is 91.6 Å². The van der Waals surface area contributed by atoms with E-state index in [1.165, 1.54) is 11.0 Å². The second kappa shape index (κ2) is 13.8. The number of para-hydroxylation sites is 1. The number of hydrogen-bond acceptors (Lipinski definition) is 4. The number of anilines is 1. The molecular weight excluding hydrogens is 557 g/mol. The third kappa shape index (κ3) is 8.98. The molecule has 0 saturated carbocycles. The van der Waals surface area contributed by atoms with Crippen LogP contribution in [0.15, 0.2) is 78.9 Å². The van der Waals surface area contributed by atoms with Gasteiger partial charge in [0.25, 0.3) is 0 Å². The van der Waals surface area contributed by atoms with Crippen LogP contribution >= 0.6 is 23.2 Å². The molecule has 10 heteroatoms. The van der Waals surface area contributed by atoms with Gasteiger partial charge in [0.05, 0.1) is 17.0 Å². The van der Waals surface area contributed by atoms with Crippen LogP contribution in [-0.2, 0) is 32.6 Å². The molecule has 2 amide bonds. The number of rotatable bonds is 12. The summed E-state index contributed by atoms with van der Waals surface area (Å²) in [4.78, 5) is 29.0. The van der Waals surface area contributed by atoms with Crippen LogP contribution in [0.5, 0.6) is 0 Å². The summed E-state index contributed by atoms with van der Waals surface area (Å²) in [7, 11) is -3.89. The maximum absolute atomic E-state index is 14.0. The molecule has 0 unspecified atom stereocenters. The maximum Gasteiger partial charge on any atom is 0.244 e. The summed E-state index contributed by atoms with van der Waals surface area (Å²) in [5.74, 6) is -0.665. The molecule has 0 fully saturated rings. The van der Waals surface area contributed by atoms with Crippen LogP contribution in [-0.4, -0.2) is 50.5 Å². The van der Waals surface area contributed by atoms with Crippen LogP contribution in [0.2, 0.25) is 10.0 Å². The van der Waals surface area contributed by atoms with E-state index < -0.39 is 28.5 Å². The normalized spacial score (nSPS) is 12.2. The maximum atomic E-state index is 14.0. The monoisotopic (exact) mass is 589 g/mol. The van der Waals surface area contributed by atoms with E-state index in [1.807, 2.05) is 44.2 Å². The number of hydrogen-bond donors (Lipinski definition) is 1. The van der Waals surface area contributed by atoms with E-state index >= 15 is 0 Å². The van der Waals surface area contributed by atoms with Crippen LogP contribution in [0.3, 0.4) is 0 Å². The summed E-state index contributed by atoms with van der Waals surface area (Å²) in [5, 5.41) is 3.68. The number of benzene rings is 3. The molecule has 0 spiro atoms. The zero-order valence-electron chi connectivity index (χ0n) is 22.2. The Morgan fingerprint density at radius 3 is 2.08 bits per heavy atom. The molecule has 0 aromatic heterocycles. The lowest BCUT2D eigenvalue weighted by Gasteiger charge is -2.33. The Balaban J connectivity index is 2.05. The summed E-state index contributed by atoms with van der Waals surface area (Å²) >= 11 is 12.4. The number of sulfonamides is 1. The van der Waals surface area contributed by atoms with Crippen LogP contribution in [0.25, 0.3) is 0 Å². The van der Waals surface area contributed by atoms with E-state index in [4.69, 9.17) is 23.2 Å². The first-order chi connectivity index (χ1) is 18.5. The van der Waals surface area contributed by atoms with Crippen molar-refractivity contribution in [2.24, 2.45) is 5.92 Å². The van der Waals surface area contributed by atoms with Crippen LogP contribution in [0, 0.1) is 5.92 Å². The highest BCUT2D eigenvalue weighted by Crippen LogP contribution is 2.28. The fourth-order valence-corrected chi connectivity index (χ4v) is 5.29. The topological polar surface area (TPSA) is 86.8 Å². The average molecular weight is 591 g/mol. The fourth-order valence-electron chi connectivity index (χ4n) is 4.01. The lowest BCUT2D eigenvalue weighted by molar-refractivity contribution is -0.140. The largest absolute Gasteiger partial charge is 0.354 e. The molecular formula is C29H33Cl2N3O4S. The number of halogens is 2. The second-order valence-corrected chi connectivity index (χ2v) is 12.5. The molecule has 3 aromatic carbocycles. The molecule has 1 atom stereocenters. The molecule has 0 aliphatic carbocycles. The van der Waals surface area contributed by atoms with E-state index in [1.54, 1.807) is 42.5 Å². The zero-order valence-corrected chi connectivity index (χ0v) is 24.5. The molecule has 208 valence electrons. The number of carbonyl (C=O) groups is 2. The van der Waals surface area contributed by atoms with Crippen molar-refractivity contribution >= 4 is 50.7 Å². The Bertz CT molecular complexity index is 1370. The Kier molecular flexibility index (Phi) is 10.8. The zero-order chi connectivity index (χ0) is 28.6. The van der Waals surface area contributed by atoms with Crippen molar-refractivity contribution in [3.8, 4) is 0 Å². The minimum atomic E-state index is -3.89. The smallest absolute Gasteiger partial charge is 0.244 e. The third-order valence-electron chi connectivity index (χ3n) is 6.02. The van der Waals surface area contributed by atoms with Crippen molar-refractivity contribution in [3.63, 3.8) is 0 Å². The van der Waals surface area contributed by atoms with Gasteiger partial charge in [-0.3, -0.25) is 13.9 Å². The van der Waals surface area contributed by atoms with Crippen molar-refractivity contribution < 1.29 is 18.0 Å². The van der Waals surface area contributed by atoms with Gasteiger partial charge in [0, 0.05) is 24.5 Å². The van der Waals surface area contributed by atoms with Gasteiger partial charge in [0.2, 0.25) is 21.8 Å². The summed E-state index contributed by atoms with van der Waals surface area (Å²) < 4.78 is 26.6. The fraction of sp³-hybridized carbons (Fsp3) is 0.310. The van der Waals surface area contributed by atoms with Gasteiger partial charge in [-0.2, -0.15) is 0 Å². The number of nitrogens with zero attached hydrogens (tertiary/aromatic N) is 2. The van der Waals surface area contributed by atoms with Gasteiger partial charge < -0.3 is 10.2 Å². The molecule has 0 aliphatic rings. The summed E-state index contributed by atoms with van der Waals surface area (Å²) in [6, 6.07) is 21.9. The van der Waals surface area contributed by atoms with Crippen molar-refractivity contribution in [1.29, 1.82) is 0 Å². The van der Waals surface area contributed by atoms with E-state index in [0.29, 0.717) is 11.6 Å². The molecule has 0 radical (unpaired) electrons. The molecule has 0 heterocycles. The predicted molar refractivity (Wildman–Crippen MR) is 157 cm³/mol. The van der Waals surface area contributed by atoms with E-state index in [2.05, 4.69) is 5.32 Å². The average Bonchev–Trinajstić information content (AvgIpc) is 2.89. The van der Waals surface area contributed by atoms with Crippen molar-refractivity contribution in [1.82, 2.24) is 10.2 Å². The Morgan fingerprint density at radius 2 is 1.49 bits per heavy atom. The molecule has 0 saturated heterocycles. The first-order valence-electron chi connectivity index (χ1n) is 12.5. The molecule has 39 heavy (non-hydrogen) atoms. The quantitative estimate of drug-likeness (QED) is 0.315. The summed E-state index contributed by atoms with van der Waals surface area (Å²) in [6.45, 7) is 3.94. The Labute approximate surface area is 240 Å². The van der Waals surface area contributed by atoms with E-state index in [9.17, 15) is 18.0 Å². The van der Waals surface area contributed by atoms with Gasteiger partial charge in [-0.25, -0.2) is 8.42 Å². The van der Waals surface area contributed by atoms with Gasteiger partial charge in [0.15, 0.2) is 0 Å². The highest BCUT2D eigenvalue weighted by Gasteiger charge is 2.33. The highest BCUT2D eigenvalue weighted by atomic mass is 35.5.